The molecule has 3 aromatic rings. The Bertz CT molecular complexity index is 1660. The smallest absolute Gasteiger partial charge is 1.00 e. The van der Waals surface area contributed by atoms with Gasteiger partial charge in [0.2, 0.25) is 0 Å². The molecule has 0 saturated heterocycles. The van der Waals surface area contributed by atoms with Gasteiger partial charge in [-0.2, -0.15) is 0 Å². The van der Waals surface area contributed by atoms with Crippen LogP contribution in [0.25, 0.3) is 0 Å². The first-order valence-electron chi connectivity index (χ1n) is 17.5. The number of alkyl halides is 2. The van der Waals surface area contributed by atoms with Crippen molar-refractivity contribution < 1.29 is 215 Å². The van der Waals surface area contributed by atoms with Gasteiger partial charge in [0.1, 0.15) is 24.0 Å². The number of nitrogens with zero attached hydrogens (tertiary/aromatic N) is 2. The number of thioether (sulfide) groups is 3. The van der Waals surface area contributed by atoms with Gasteiger partial charge in [-0.3, -0.25) is 22.6 Å². The molecule has 1 aliphatic rings. The van der Waals surface area contributed by atoms with Gasteiger partial charge in [0, 0.05) is 51.6 Å². The average molecular weight is 1250 g/mol. The van der Waals surface area contributed by atoms with Crippen molar-refractivity contribution in [3.8, 4) is 17.2 Å². The van der Waals surface area contributed by atoms with Crippen LogP contribution in [0, 0.1) is 0 Å². The first kappa shape index (κ1) is 70.4. The summed E-state index contributed by atoms with van der Waals surface area (Å²) in [6.45, 7) is 1.78. The molecular weight excluding hydrogens is 1200 g/mol. The number of aliphatic hydroxyl groups excluding tert-OH is 1. The van der Waals surface area contributed by atoms with Crippen LogP contribution in [-0.4, -0.2) is 139 Å². The maximum atomic E-state index is 11.5. The van der Waals surface area contributed by atoms with Crippen molar-refractivity contribution in [2.24, 2.45) is 0 Å². The molecule has 0 atom stereocenters. The number of hydrogen-bond acceptors (Lipinski definition) is 16. The second kappa shape index (κ2) is 47.9. The molecule has 0 fully saturated rings. The van der Waals surface area contributed by atoms with Gasteiger partial charge in [-0.1, -0.05) is 0 Å². The van der Waals surface area contributed by atoms with Crippen molar-refractivity contribution in [3.63, 3.8) is 0 Å². The SMILES string of the molecule is COC(=O)N(CO)CCSc1ccc(OC)cc1.COC(=O)N1CCSc2ccc(OC)cc2C1.COC(=O)NCCSc1ccc(OC)cc1.ClCCl.FB(F)F.O=CO[O-].[Cs+].[Cs+].[H-]. The summed E-state index contributed by atoms with van der Waals surface area (Å²) in [5, 5.41) is 20.2. The van der Waals surface area contributed by atoms with Gasteiger partial charge < -0.3 is 55.3 Å². The molecule has 0 bridgehead atoms. The van der Waals surface area contributed by atoms with Crippen molar-refractivity contribution in [2.45, 2.75) is 21.2 Å². The second-order valence-corrected chi connectivity index (χ2v) is 14.9. The zero-order valence-electron chi connectivity index (χ0n) is 37.7. The van der Waals surface area contributed by atoms with Crippen LogP contribution in [0.5, 0.6) is 17.2 Å². The molecule has 0 aliphatic carbocycles. The van der Waals surface area contributed by atoms with Crippen molar-refractivity contribution in [1.82, 2.24) is 15.1 Å². The van der Waals surface area contributed by atoms with E-state index in [0.29, 0.717) is 31.9 Å². The Labute approximate surface area is 514 Å². The van der Waals surface area contributed by atoms with E-state index in [-0.39, 0.29) is 164 Å². The summed E-state index contributed by atoms with van der Waals surface area (Å²) < 4.78 is 58.1. The molecule has 350 valence electrons. The summed E-state index contributed by atoms with van der Waals surface area (Å²) in [7, 11) is 5.30. The fourth-order valence-electron chi connectivity index (χ4n) is 4.14. The molecule has 0 saturated carbocycles. The molecule has 3 aromatic carbocycles. The zero-order chi connectivity index (χ0) is 47.1. The minimum absolute atomic E-state index is 0. The summed E-state index contributed by atoms with van der Waals surface area (Å²) in [5.74, 6) is 4.84. The van der Waals surface area contributed by atoms with Crippen LogP contribution < -0.4 is 163 Å². The Morgan fingerprint density at radius 1 is 0.859 bits per heavy atom. The Kier molecular flexibility index (Phi) is 52.7. The number of fused-ring (bicyclic) bond motifs is 1. The third-order valence-corrected chi connectivity index (χ3v) is 10.00. The number of aliphatic hydroxyl groups is 1. The van der Waals surface area contributed by atoms with Crippen LogP contribution in [-0.2, 0) is 30.4 Å². The van der Waals surface area contributed by atoms with Crippen molar-refractivity contribution in [1.29, 1.82) is 0 Å². The number of nitrogens with one attached hydrogen (secondary N) is 1. The molecule has 0 unspecified atom stereocenters. The van der Waals surface area contributed by atoms with Crippen LogP contribution >= 0.6 is 58.5 Å². The third kappa shape index (κ3) is 36.8. The minimum atomic E-state index is -3.67. The maximum Gasteiger partial charge on any atom is 1.00 e. The number of methoxy groups -OCH3 is 6. The number of carbonyl (C=O) groups is 4. The molecule has 16 nitrogen and oxygen atoms in total. The minimum Gasteiger partial charge on any atom is -1.00 e. The Morgan fingerprint density at radius 3 is 1.73 bits per heavy atom. The molecule has 2 N–H and O–H groups in total. The number of halogens is 5. The molecule has 0 aromatic heterocycles. The number of ether oxygens (including phenoxy) is 6. The van der Waals surface area contributed by atoms with E-state index in [1.807, 2.05) is 66.7 Å². The number of hydrogen-bond donors (Lipinski definition) is 2. The first-order chi connectivity index (χ1) is 29.8. The fraction of sp³-hybridized carbons (Fsp3) is 0.405. The molecule has 27 heteroatoms. The maximum absolute atomic E-state index is 11.5. The van der Waals surface area contributed by atoms with Gasteiger partial charge in [0.25, 0.3) is 6.47 Å². The number of rotatable bonds is 13. The average Bonchev–Trinajstić information content (AvgIpc) is 3.52. The molecule has 1 heterocycles. The van der Waals surface area contributed by atoms with E-state index in [0.717, 1.165) is 44.1 Å². The quantitative estimate of drug-likeness (QED) is 0.0285. The Morgan fingerprint density at radius 2 is 1.33 bits per heavy atom. The van der Waals surface area contributed by atoms with E-state index in [9.17, 15) is 27.3 Å². The molecule has 0 spiro atoms. The van der Waals surface area contributed by atoms with E-state index < -0.39 is 19.7 Å². The first-order valence-corrected chi connectivity index (χ1v) is 21.5. The molecule has 1 aliphatic heterocycles. The normalized spacial score (nSPS) is 10.2. The Balaban J connectivity index is -0.000000243. The monoisotopic (exact) mass is 1250 g/mol. The number of carbonyl (C=O) groups excluding carboxylic acids is 4. The van der Waals surface area contributed by atoms with E-state index in [1.54, 1.807) is 61.5 Å². The standard InChI is InChI=1S/C12H17NO4S.C12H15NO3S.C11H15NO3S.CH2Cl2.CH2O3.BF3.2Cs.H/c1-16-10-3-5-11(6-4-10)18-8-7-13(9-14)12(15)17-2;1-15-10-3-4-11-9(7-10)8-13(5-6-17-11)12(14)16-2;1-14-9-3-5-10(6-4-9)16-8-7-12-11(13)15-2;2-1-3;2-1-4-3;2-1(3)4;;;/h3-6,14H,7-9H2,1-2H3;3-4,7H,5-6,8H2,1-2H3;3-6H,7-8H2,1-2H3,(H,12,13);1H2;1,3H;;;;/q;;;;;;2*+1;-1/p-1. The summed E-state index contributed by atoms with van der Waals surface area (Å²) in [5.41, 5.74) is 1.11. The second-order valence-electron chi connectivity index (χ2n) is 10.6. The summed E-state index contributed by atoms with van der Waals surface area (Å²) >= 11 is 14.5. The van der Waals surface area contributed by atoms with E-state index in [1.165, 1.54) is 31.1 Å². The van der Waals surface area contributed by atoms with Crippen LogP contribution in [0.4, 0.5) is 27.3 Å². The molecular formula is C37H51BCl2Cs2F3N3O13S3. The van der Waals surface area contributed by atoms with Gasteiger partial charge in [0.05, 0.1) is 54.5 Å². The van der Waals surface area contributed by atoms with Crippen LogP contribution in [0.3, 0.4) is 0 Å². The molecule has 3 amide bonds. The van der Waals surface area contributed by atoms with Gasteiger partial charge in [0.15, 0.2) is 0 Å². The predicted octanol–water partition coefficient (Wildman–Crippen LogP) is 1.17. The Hall–Kier alpha value is -0.151. The zero-order valence-corrected chi connectivity index (χ0v) is 53.2. The van der Waals surface area contributed by atoms with Gasteiger partial charge in [-0.05, 0) is 72.3 Å². The molecule has 0 radical (unpaired) electrons. The van der Waals surface area contributed by atoms with Gasteiger partial charge in [-0.15, -0.1) is 58.5 Å². The van der Waals surface area contributed by atoms with E-state index in [4.69, 9.17) is 57.3 Å². The van der Waals surface area contributed by atoms with Crippen LogP contribution in [0.1, 0.15) is 6.99 Å². The van der Waals surface area contributed by atoms with Gasteiger partial charge >= 0.3 is 164 Å². The summed E-state index contributed by atoms with van der Waals surface area (Å²) in [6, 6.07) is 21.4. The number of benzene rings is 3. The van der Waals surface area contributed by atoms with E-state index >= 15 is 0 Å². The van der Waals surface area contributed by atoms with Crippen molar-refractivity contribution >= 4 is 90.8 Å². The van der Waals surface area contributed by atoms with Crippen molar-refractivity contribution in [2.75, 3.05) is 91.6 Å². The van der Waals surface area contributed by atoms with Crippen LogP contribution in [0.2, 0.25) is 0 Å². The molecule has 4 rings (SSSR count). The summed E-state index contributed by atoms with van der Waals surface area (Å²) in [6.07, 6.45) is -1.19. The topological polar surface area (TPSA) is 195 Å². The number of amides is 3. The van der Waals surface area contributed by atoms with Crippen LogP contribution in [0.15, 0.2) is 81.4 Å². The largest absolute Gasteiger partial charge is 1.00 e. The predicted molar refractivity (Wildman–Crippen MR) is 234 cm³/mol. The van der Waals surface area contributed by atoms with E-state index in [2.05, 4.69) is 19.7 Å². The van der Waals surface area contributed by atoms with Gasteiger partial charge in [-0.25, -0.2) is 14.4 Å². The third-order valence-electron chi connectivity index (χ3n) is 6.90. The summed E-state index contributed by atoms with van der Waals surface area (Å²) in [4.78, 5) is 51.1. The van der Waals surface area contributed by atoms with Crippen molar-refractivity contribution in [3.05, 3.63) is 72.3 Å². The number of alkyl carbamates (subject to hydrolysis) is 1. The fourth-order valence-corrected chi connectivity index (χ4v) is 6.79. The molecule has 64 heavy (non-hydrogen) atoms.